The molecule has 0 unspecified atom stereocenters. The Morgan fingerprint density at radius 3 is 1.05 bits per heavy atom. The Bertz CT molecular complexity index is 7640. The quantitative estimate of drug-likeness (QED) is 0.120. The lowest BCUT2D eigenvalue weighted by Crippen LogP contribution is -2.66. The van der Waals surface area contributed by atoms with E-state index in [-0.39, 0.29) is 6.71 Å². The van der Waals surface area contributed by atoms with Gasteiger partial charge in [-0.3, -0.25) is 0 Å². The van der Waals surface area contributed by atoms with Gasteiger partial charge in [0.1, 0.15) is 57.2 Å². The summed E-state index contributed by atoms with van der Waals surface area (Å²) < 4.78 is 38.5. The van der Waals surface area contributed by atoms with Gasteiger partial charge in [0.25, 0.3) is 20.1 Å². The van der Waals surface area contributed by atoms with Gasteiger partial charge in [-0.05, 0) is 165 Å². The van der Waals surface area contributed by atoms with Crippen molar-refractivity contribution in [1.82, 2.24) is 0 Å². The number of anilines is 6. The van der Waals surface area contributed by atoms with E-state index in [2.05, 4.69) is 428 Å². The maximum atomic E-state index is 8.40. The van der Waals surface area contributed by atoms with Crippen LogP contribution in [-0.2, 0) is 0 Å². The van der Waals surface area contributed by atoms with E-state index >= 15 is 0 Å². The number of para-hydroxylation sites is 3. The zero-order chi connectivity index (χ0) is 81.2. The summed E-state index contributed by atoms with van der Waals surface area (Å²) in [5.41, 5.74) is 35.9. The molecule has 0 fully saturated rings. The minimum Gasteiger partial charge on any atom is -0.459 e. The van der Waals surface area contributed by atoms with Crippen LogP contribution in [0.25, 0.3) is 122 Å². The Balaban J connectivity index is 0.812. The molecule has 6 aliphatic heterocycles. The fourth-order valence-electron chi connectivity index (χ4n) is 20.8. The van der Waals surface area contributed by atoms with E-state index in [0.717, 1.165) is 223 Å². The van der Waals surface area contributed by atoms with Crippen LogP contribution in [0.2, 0.25) is 0 Å². The van der Waals surface area contributed by atoms with Gasteiger partial charge in [-0.1, -0.05) is 352 Å². The first-order chi connectivity index (χ1) is 61.5. The van der Waals surface area contributed by atoms with E-state index in [9.17, 15) is 0 Å². The van der Waals surface area contributed by atoms with Gasteiger partial charge in [0.2, 0.25) is 0 Å². The highest BCUT2D eigenvalue weighted by Gasteiger charge is 2.54. The number of fused-ring (bicyclic) bond motifs is 17. The van der Waals surface area contributed by atoms with Crippen LogP contribution >= 0.6 is 0 Å². The molecule has 0 saturated carbocycles. The van der Waals surface area contributed by atoms with E-state index in [1.165, 1.54) is 0 Å². The van der Waals surface area contributed by atoms with Gasteiger partial charge in [0, 0.05) is 84.3 Å². The molecule has 7 heterocycles. The fourth-order valence-corrected chi connectivity index (χ4v) is 20.8. The highest BCUT2D eigenvalue weighted by Crippen LogP contribution is 2.57. The largest absolute Gasteiger partial charge is 0.459 e. The topological polar surface area (TPSA) is 56.5 Å². The van der Waals surface area contributed by atoms with Gasteiger partial charge in [0.15, 0.2) is 0 Å². The minimum atomic E-state index is -0.538. The molecule has 0 saturated heterocycles. The zero-order valence-corrected chi connectivity index (χ0v) is 67.0. The maximum Gasteiger partial charge on any atom is 0.265 e. The second kappa shape index (κ2) is 27.8. The lowest BCUT2D eigenvalue weighted by Gasteiger charge is -2.47. The van der Waals surface area contributed by atoms with Crippen LogP contribution in [0.15, 0.2) is 423 Å². The summed E-state index contributed by atoms with van der Waals surface area (Å²) in [6.07, 6.45) is 0. The number of ether oxygens (including phenoxy) is 4. The Morgan fingerprint density at radius 2 is 0.532 bits per heavy atom. The first-order valence-corrected chi connectivity index (χ1v) is 42.6. The summed E-state index contributed by atoms with van der Waals surface area (Å²) in [6.45, 7) is -1.40. The Hall–Kier alpha value is -16.0. The summed E-state index contributed by atoms with van der Waals surface area (Å²) in [4.78, 5) is 5.24. The highest BCUT2D eigenvalue weighted by molar-refractivity contribution is 7.04. The predicted molar refractivity (Wildman–Crippen MR) is 512 cm³/mol. The molecule has 0 spiro atoms. The molecule has 1 aromatic heterocycles. The van der Waals surface area contributed by atoms with Crippen molar-refractivity contribution in [2.45, 2.75) is 0 Å². The molecular formula is C114H69B3N2O5. The van der Waals surface area contributed by atoms with Crippen LogP contribution in [-0.4, -0.2) is 20.1 Å². The second-order valence-electron chi connectivity index (χ2n) is 33.1. The number of rotatable bonds is 11. The molecule has 0 aliphatic carbocycles. The minimum absolute atomic E-state index is 0.325. The average Bonchev–Trinajstić information content (AvgIpc) is 0.716. The highest BCUT2D eigenvalue weighted by atomic mass is 16.5. The maximum absolute atomic E-state index is 8.40. The smallest absolute Gasteiger partial charge is 0.265 e. The Kier molecular flexibility index (Phi) is 15.7. The monoisotopic (exact) mass is 1580 g/mol. The summed E-state index contributed by atoms with van der Waals surface area (Å²) in [7, 11) is 0. The number of hydrogen-bond donors (Lipinski definition) is 0. The van der Waals surface area contributed by atoms with Crippen molar-refractivity contribution in [2.24, 2.45) is 0 Å². The third-order valence-corrected chi connectivity index (χ3v) is 26.3. The molecule has 0 bridgehead atoms. The molecule has 0 amide bonds. The standard InChI is InChI=1S/C114H69B3N2O5/c1-9-29-70(30-10-1)79-54-59-100-92(62-79)115-93-63-80(71-31-11-2-12-32-71)55-60-101(93)123-114-108(115)104(121-100)69-105-110(114)117-91-57-52-82(73-35-15-4-16-36-73)67-102(91)124-113-107-97(68-103(122-105)109(113)117)119(112-86(76-41-21-7-22-42-76)48-28-49-87(112)77-43-23-8-24-44-77)96-66-83(78-53-58-99-89(61-78)88-45-25-26-50-98(88)120-99)65-95-106(96)116(107)90-56-51-81(72-33-13-3-14-34-72)64-94(90)118(95)111-84(74-37-17-5-18-38-74)46-27-47-85(111)75-39-19-6-20-40-75/h1-69H. The molecule has 0 radical (unpaired) electrons. The van der Waals surface area contributed by atoms with Crippen LogP contribution in [0, 0.1) is 0 Å². The average molecular weight is 1580 g/mol. The lowest BCUT2D eigenvalue weighted by atomic mass is 9.29. The van der Waals surface area contributed by atoms with Crippen molar-refractivity contribution in [3.05, 3.63) is 419 Å². The molecule has 124 heavy (non-hydrogen) atoms. The SMILES string of the molecule is c1ccc(-c2ccc3c(c2)Oc2c4c(cc5c2B2c6ccc(-c7ccccc7)cc6N(c6c(-c7ccccc7)cccc6-c6ccccc6)c6cc(-c7ccc8oc9ccccc9c8c7)cc(c62)N5c2c(-c5ccccc5)cccc2-c2ccccc2)Oc2cc5c6c(c2B34)Oc2ccc(-c3ccccc3)cc2B6c2cc(-c3ccccc3)ccc2O5)cc1. The third-order valence-electron chi connectivity index (χ3n) is 26.3. The van der Waals surface area contributed by atoms with Crippen LogP contribution in [0.3, 0.4) is 0 Å². The molecule has 7 nitrogen and oxygen atoms in total. The van der Waals surface area contributed by atoms with Crippen molar-refractivity contribution in [2.75, 3.05) is 9.80 Å². The lowest BCUT2D eigenvalue weighted by molar-refractivity contribution is 0.443. The van der Waals surface area contributed by atoms with Crippen molar-refractivity contribution in [3.63, 3.8) is 0 Å². The third kappa shape index (κ3) is 10.9. The number of hydrogen-bond acceptors (Lipinski definition) is 7. The number of nitrogens with zero attached hydrogens (tertiary/aromatic N) is 2. The van der Waals surface area contributed by atoms with Gasteiger partial charge in [-0.25, -0.2) is 0 Å². The van der Waals surface area contributed by atoms with Gasteiger partial charge in [-0.15, -0.1) is 0 Å². The molecule has 0 atom stereocenters. The van der Waals surface area contributed by atoms with Crippen LogP contribution < -0.4 is 77.9 Å². The summed E-state index contributed by atoms with van der Waals surface area (Å²) >= 11 is 0. The van der Waals surface area contributed by atoms with Gasteiger partial charge < -0.3 is 33.2 Å². The van der Waals surface area contributed by atoms with Crippen LogP contribution in [0.1, 0.15) is 0 Å². The van der Waals surface area contributed by atoms with Gasteiger partial charge in [-0.2, -0.15) is 0 Å². The van der Waals surface area contributed by atoms with E-state index in [4.69, 9.17) is 23.4 Å². The van der Waals surface area contributed by atoms with E-state index in [1.54, 1.807) is 0 Å². The molecule has 19 aromatic carbocycles. The first-order valence-electron chi connectivity index (χ1n) is 42.6. The van der Waals surface area contributed by atoms with E-state index in [1.807, 2.05) is 0 Å². The molecule has 10 heteroatoms. The second-order valence-corrected chi connectivity index (χ2v) is 33.1. The van der Waals surface area contributed by atoms with Crippen LogP contribution in [0.5, 0.6) is 46.0 Å². The molecule has 0 N–H and O–H groups in total. The molecular weight excluding hydrogens is 1510 g/mol. The summed E-state index contributed by atoms with van der Waals surface area (Å²) in [5.74, 6) is 5.66. The Labute approximate surface area is 718 Å². The van der Waals surface area contributed by atoms with Crippen molar-refractivity contribution in [1.29, 1.82) is 0 Å². The molecule has 6 aliphatic rings. The molecule has 574 valence electrons. The normalized spacial score (nSPS) is 13.0. The van der Waals surface area contributed by atoms with Crippen molar-refractivity contribution in [3.8, 4) is 146 Å². The van der Waals surface area contributed by atoms with Crippen molar-refractivity contribution >= 4 is 125 Å². The van der Waals surface area contributed by atoms with E-state index < -0.39 is 13.4 Å². The fraction of sp³-hybridized carbons (Fsp3) is 0. The van der Waals surface area contributed by atoms with E-state index in [0.29, 0.717) is 28.7 Å². The zero-order valence-electron chi connectivity index (χ0n) is 67.0. The summed E-state index contributed by atoms with van der Waals surface area (Å²) in [5, 5.41) is 2.08. The van der Waals surface area contributed by atoms with Crippen LogP contribution in [0.4, 0.5) is 34.1 Å². The number of benzene rings is 19. The predicted octanol–water partition coefficient (Wildman–Crippen LogP) is 24.1. The number of furan rings is 1. The van der Waals surface area contributed by atoms with Crippen molar-refractivity contribution < 1.29 is 23.4 Å². The van der Waals surface area contributed by atoms with Gasteiger partial charge in [0.05, 0.1) is 11.4 Å². The first kappa shape index (κ1) is 69.9. The van der Waals surface area contributed by atoms with Gasteiger partial charge >= 0.3 is 0 Å². The molecule has 26 rings (SSSR count). The summed E-state index contributed by atoms with van der Waals surface area (Å²) in [6, 6.07) is 152. The molecule has 20 aromatic rings. The Morgan fingerprint density at radius 1 is 0.177 bits per heavy atom.